The minimum atomic E-state index is -0.251. The van der Waals surface area contributed by atoms with E-state index in [0.717, 1.165) is 48.8 Å². The normalized spacial score (nSPS) is 13.8. The molecule has 3 aromatic heterocycles. The van der Waals surface area contributed by atoms with Crippen molar-refractivity contribution in [1.29, 1.82) is 0 Å². The minimum absolute atomic E-state index is 0.00175. The van der Waals surface area contributed by atoms with Crippen LogP contribution in [0.25, 0.3) is 11.0 Å². The molecule has 10 nitrogen and oxygen atoms in total. The number of fused-ring (bicyclic) bond motifs is 1. The molecular formula is C24H25ClN8O2. The van der Waals surface area contributed by atoms with Crippen LogP contribution >= 0.6 is 11.6 Å². The van der Waals surface area contributed by atoms with Gasteiger partial charge in [0.1, 0.15) is 30.3 Å². The number of rotatable bonds is 6. The first-order chi connectivity index (χ1) is 17.0. The Balaban J connectivity index is 1.30. The molecule has 0 atom stereocenters. The van der Waals surface area contributed by atoms with Gasteiger partial charge in [-0.15, -0.1) is 0 Å². The number of nitrogens with zero attached hydrogens (tertiary/aromatic N) is 7. The SMILES string of the molecule is COc1cc(Cl)c(C)cc1NC(=O)Cn1ncc2c(N3CCN(c4ccccn4)CC3)ncnc21. The number of hydrogen-bond donors (Lipinski definition) is 1. The van der Waals surface area contributed by atoms with Gasteiger partial charge >= 0.3 is 0 Å². The molecule has 1 aliphatic heterocycles. The van der Waals surface area contributed by atoms with Crippen molar-refractivity contribution in [3.63, 3.8) is 0 Å². The second-order valence-electron chi connectivity index (χ2n) is 8.25. The molecule has 0 unspecified atom stereocenters. The highest BCUT2D eigenvalue weighted by Gasteiger charge is 2.22. The summed E-state index contributed by atoms with van der Waals surface area (Å²) in [7, 11) is 1.53. The largest absolute Gasteiger partial charge is 0.495 e. The van der Waals surface area contributed by atoms with Crippen molar-refractivity contribution in [3.8, 4) is 5.75 Å². The second-order valence-corrected chi connectivity index (χ2v) is 8.66. The first kappa shape index (κ1) is 22.9. The van der Waals surface area contributed by atoms with Crippen molar-refractivity contribution in [2.24, 2.45) is 0 Å². The number of aromatic nitrogens is 5. The van der Waals surface area contributed by atoms with E-state index < -0.39 is 0 Å². The molecule has 1 amide bonds. The number of methoxy groups -OCH3 is 1. The van der Waals surface area contributed by atoms with Gasteiger partial charge in [0.2, 0.25) is 5.91 Å². The lowest BCUT2D eigenvalue weighted by atomic mass is 10.2. The lowest BCUT2D eigenvalue weighted by Crippen LogP contribution is -2.47. The van der Waals surface area contributed by atoms with Crippen LogP contribution in [0.1, 0.15) is 5.56 Å². The predicted molar refractivity (Wildman–Crippen MR) is 135 cm³/mol. The zero-order valence-corrected chi connectivity index (χ0v) is 20.2. The molecule has 11 heteroatoms. The first-order valence-electron chi connectivity index (χ1n) is 11.2. The van der Waals surface area contributed by atoms with Gasteiger partial charge < -0.3 is 19.9 Å². The monoisotopic (exact) mass is 492 g/mol. The third-order valence-electron chi connectivity index (χ3n) is 6.01. The minimum Gasteiger partial charge on any atom is -0.495 e. The summed E-state index contributed by atoms with van der Waals surface area (Å²) in [5.41, 5.74) is 2.00. The Morgan fingerprint density at radius 1 is 1.11 bits per heavy atom. The molecule has 0 radical (unpaired) electrons. The smallest absolute Gasteiger partial charge is 0.246 e. The molecular weight excluding hydrogens is 468 g/mol. The van der Waals surface area contributed by atoms with Crippen molar-refractivity contribution < 1.29 is 9.53 Å². The molecule has 0 aliphatic carbocycles. The summed E-state index contributed by atoms with van der Waals surface area (Å²) in [5.74, 6) is 2.04. The molecule has 1 aliphatic rings. The number of carbonyl (C=O) groups excluding carboxylic acids is 1. The van der Waals surface area contributed by atoms with Crippen molar-refractivity contribution in [2.45, 2.75) is 13.5 Å². The summed E-state index contributed by atoms with van der Waals surface area (Å²) in [6, 6.07) is 9.41. The van der Waals surface area contributed by atoms with E-state index in [1.54, 1.807) is 23.0 Å². The Labute approximate surface area is 207 Å². The number of benzene rings is 1. The fourth-order valence-corrected chi connectivity index (χ4v) is 4.35. The Hall–Kier alpha value is -3.92. The van der Waals surface area contributed by atoms with E-state index in [2.05, 4.69) is 35.2 Å². The van der Waals surface area contributed by atoms with E-state index in [0.29, 0.717) is 22.1 Å². The summed E-state index contributed by atoms with van der Waals surface area (Å²) in [5, 5.41) is 8.69. The highest BCUT2D eigenvalue weighted by Crippen LogP contribution is 2.31. The van der Waals surface area contributed by atoms with Gasteiger partial charge in [-0.1, -0.05) is 17.7 Å². The van der Waals surface area contributed by atoms with Crippen molar-refractivity contribution in [2.75, 3.05) is 48.4 Å². The quantitative estimate of drug-likeness (QED) is 0.438. The molecule has 35 heavy (non-hydrogen) atoms. The van der Waals surface area contributed by atoms with Crippen LogP contribution < -0.4 is 19.9 Å². The summed E-state index contributed by atoms with van der Waals surface area (Å²) in [6.07, 6.45) is 5.05. The van der Waals surface area contributed by atoms with Gasteiger partial charge in [0.25, 0.3) is 0 Å². The van der Waals surface area contributed by atoms with Crippen LogP contribution in [0.2, 0.25) is 5.02 Å². The molecule has 4 heterocycles. The van der Waals surface area contributed by atoms with Crippen molar-refractivity contribution in [3.05, 3.63) is 59.6 Å². The topological polar surface area (TPSA) is 101 Å². The highest BCUT2D eigenvalue weighted by atomic mass is 35.5. The molecule has 4 aromatic rings. The lowest BCUT2D eigenvalue weighted by molar-refractivity contribution is -0.116. The van der Waals surface area contributed by atoms with E-state index in [1.165, 1.54) is 13.4 Å². The first-order valence-corrected chi connectivity index (χ1v) is 11.6. The van der Waals surface area contributed by atoms with Crippen molar-refractivity contribution >= 4 is 45.9 Å². The predicted octanol–water partition coefficient (Wildman–Crippen LogP) is 3.16. The Morgan fingerprint density at radius 3 is 2.66 bits per heavy atom. The Kier molecular flexibility index (Phi) is 6.37. The van der Waals surface area contributed by atoms with E-state index in [1.807, 2.05) is 31.3 Å². The number of pyridine rings is 1. The number of hydrogen-bond acceptors (Lipinski definition) is 8. The van der Waals surface area contributed by atoms with Crippen LogP contribution in [0.15, 0.2) is 49.1 Å². The standard InChI is InChI=1S/C24H25ClN8O2/c1-16-11-19(20(35-2)12-18(16)25)30-22(34)14-33-24-17(13-29-33)23(27-15-28-24)32-9-7-31(8-10-32)21-5-3-4-6-26-21/h3-6,11-13,15H,7-10,14H2,1-2H3,(H,30,34). The van der Waals surface area contributed by atoms with E-state index in [4.69, 9.17) is 16.3 Å². The zero-order valence-electron chi connectivity index (χ0n) is 19.5. The molecule has 1 fully saturated rings. The molecule has 1 N–H and O–H groups in total. The average Bonchev–Trinajstić information content (AvgIpc) is 3.29. The maximum atomic E-state index is 12.8. The summed E-state index contributed by atoms with van der Waals surface area (Å²) >= 11 is 6.17. The lowest BCUT2D eigenvalue weighted by Gasteiger charge is -2.36. The van der Waals surface area contributed by atoms with Gasteiger partial charge in [0, 0.05) is 43.5 Å². The number of amides is 1. The fourth-order valence-electron chi connectivity index (χ4n) is 4.19. The summed E-state index contributed by atoms with van der Waals surface area (Å²) in [6.45, 7) is 5.13. The maximum Gasteiger partial charge on any atom is 0.246 e. The van der Waals surface area contributed by atoms with Crippen molar-refractivity contribution in [1.82, 2.24) is 24.7 Å². The van der Waals surface area contributed by atoms with Gasteiger partial charge in [0.05, 0.1) is 24.4 Å². The number of aryl methyl sites for hydroxylation is 1. The fraction of sp³-hybridized carbons (Fsp3) is 0.292. The van der Waals surface area contributed by atoms with Crippen LogP contribution in [-0.4, -0.2) is 63.9 Å². The molecule has 0 saturated carbocycles. The number of carbonyl (C=O) groups is 1. The molecule has 0 bridgehead atoms. The van der Waals surface area contributed by atoms with Crippen LogP contribution in [-0.2, 0) is 11.3 Å². The van der Waals surface area contributed by atoms with Gasteiger partial charge in [0.15, 0.2) is 5.65 Å². The maximum absolute atomic E-state index is 12.8. The third-order valence-corrected chi connectivity index (χ3v) is 6.42. The molecule has 1 aromatic carbocycles. The molecule has 5 rings (SSSR count). The Bertz CT molecular complexity index is 1350. The van der Waals surface area contributed by atoms with Crippen LogP contribution in [0.4, 0.5) is 17.3 Å². The molecule has 1 saturated heterocycles. The van der Waals surface area contributed by atoms with Crippen LogP contribution in [0, 0.1) is 6.92 Å². The number of ether oxygens (including phenoxy) is 1. The second kappa shape index (κ2) is 9.75. The van der Waals surface area contributed by atoms with Gasteiger partial charge in [-0.3, -0.25) is 4.79 Å². The van der Waals surface area contributed by atoms with E-state index in [-0.39, 0.29) is 12.5 Å². The highest BCUT2D eigenvalue weighted by molar-refractivity contribution is 6.31. The third kappa shape index (κ3) is 4.69. The number of halogens is 1. The molecule has 0 spiro atoms. The van der Waals surface area contributed by atoms with Gasteiger partial charge in [-0.05, 0) is 30.7 Å². The number of nitrogens with one attached hydrogen (secondary N) is 1. The van der Waals surface area contributed by atoms with E-state index in [9.17, 15) is 4.79 Å². The number of piperazine rings is 1. The van der Waals surface area contributed by atoms with Crippen LogP contribution in [0.3, 0.4) is 0 Å². The average molecular weight is 493 g/mol. The summed E-state index contributed by atoms with van der Waals surface area (Å²) < 4.78 is 6.93. The van der Waals surface area contributed by atoms with Crippen LogP contribution in [0.5, 0.6) is 5.75 Å². The zero-order chi connectivity index (χ0) is 24.4. The van der Waals surface area contributed by atoms with Gasteiger partial charge in [-0.2, -0.15) is 5.10 Å². The number of anilines is 3. The summed E-state index contributed by atoms with van der Waals surface area (Å²) in [4.78, 5) is 30.7. The Morgan fingerprint density at radius 2 is 1.91 bits per heavy atom. The molecule has 180 valence electrons. The van der Waals surface area contributed by atoms with E-state index >= 15 is 0 Å². The van der Waals surface area contributed by atoms with Gasteiger partial charge in [-0.25, -0.2) is 19.6 Å².